The van der Waals surface area contributed by atoms with Crippen LogP contribution in [-0.4, -0.2) is 36.9 Å². The van der Waals surface area contributed by atoms with Crippen molar-refractivity contribution in [2.75, 3.05) is 13.1 Å². The summed E-state index contributed by atoms with van der Waals surface area (Å²) in [7, 11) is -1.96. The van der Waals surface area contributed by atoms with Crippen LogP contribution in [0, 0.1) is 6.92 Å². The predicted octanol–water partition coefficient (Wildman–Crippen LogP) is 2.44. The van der Waals surface area contributed by atoms with Gasteiger partial charge in [-0.1, -0.05) is 30.3 Å². The highest BCUT2D eigenvalue weighted by atomic mass is 32.2. The van der Waals surface area contributed by atoms with Crippen molar-refractivity contribution in [3.05, 3.63) is 53.3 Å². The van der Waals surface area contributed by atoms with Crippen molar-refractivity contribution in [3.8, 4) is 0 Å². The first-order valence-corrected chi connectivity index (χ1v) is 10.4. The molecule has 26 heavy (non-hydrogen) atoms. The van der Waals surface area contributed by atoms with Crippen LogP contribution in [0.3, 0.4) is 0 Å². The first-order chi connectivity index (χ1) is 12.4. The fourth-order valence-corrected chi connectivity index (χ4v) is 4.56. The third kappa shape index (κ3) is 3.83. The Hall–Kier alpha value is -2.12. The number of piperidine rings is 1. The molecule has 0 aliphatic carbocycles. The number of hydrogen-bond donors (Lipinski definition) is 1. The molecule has 2 aromatic rings. The average molecular weight is 375 g/mol. The Bertz CT molecular complexity index is 882. The molecule has 2 heterocycles. The maximum Gasteiger partial charge on any atom is 0.270 e. The monoisotopic (exact) mass is 375 g/mol. The van der Waals surface area contributed by atoms with Crippen LogP contribution in [0.2, 0.25) is 0 Å². The van der Waals surface area contributed by atoms with Crippen molar-refractivity contribution >= 4 is 15.9 Å². The van der Waals surface area contributed by atoms with Crippen LogP contribution in [0.15, 0.2) is 41.3 Å². The third-order valence-electron chi connectivity index (χ3n) is 4.95. The van der Waals surface area contributed by atoms with Gasteiger partial charge in [0.25, 0.3) is 5.91 Å². The van der Waals surface area contributed by atoms with E-state index in [0.717, 1.165) is 37.9 Å². The van der Waals surface area contributed by atoms with E-state index < -0.39 is 10.0 Å². The van der Waals surface area contributed by atoms with Crippen molar-refractivity contribution in [1.29, 1.82) is 0 Å². The quantitative estimate of drug-likeness (QED) is 0.872. The molecule has 1 aliphatic rings. The normalized spacial score (nSPS) is 15.2. The second kappa shape index (κ2) is 7.63. The summed E-state index contributed by atoms with van der Waals surface area (Å²) in [5.41, 5.74) is 1.87. The molecule has 0 spiro atoms. The lowest BCUT2D eigenvalue weighted by atomic mass is 10.1. The van der Waals surface area contributed by atoms with Gasteiger partial charge in [0, 0.05) is 32.4 Å². The molecule has 1 aromatic heterocycles. The number of carbonyl (C=O) groups is 1. The molecule has 6 nitrogen and oxygen atoms in total. The van der Waals surface area contributed by atoms with Crippen LogP contribution in [0.5, 0.6) is 0 Å². The van der Waals surface area contributed by atoms with Crippen molar-refractivity contribution in [1.82, 2.24) is 14.2 Å². The number of benzene rings is 1. The number of nitrogens with one attached hydrogen (secondary N) is 1. The Balaban J connectivity index is 1.82. The van der Waals surface area contributed by atoms with Gasteiger partial charge in [0.05, 0.1) is 0 Å². The number of hydrogen-bond acceptors (Lipinski definition) is 3. The van der Waals surface area contributed by atoms with Crippen molar-refractivity contribution < 1.29 is 13.2 Å². The van der Waals surface area contributed by atoms with Gasteiger partial charge in [0.15, 0.2) is 0 Å². The van der Waals surface area contributed by atoms with Gasteiger partial charge in [-0.2, -0.15) is 0 Å². The standard InChI is InChI=1S/C19H25N3O3S/c1-15-18(26(24,25)20-14-16-9-5-3-6-10-16)13-17(21(15)2)19(23)22-11-7-4-8-12-22/h3,5-6,9-10,13,20H,4,7-8,11-12,14H2,1-2H3. The van der Waals surface area contributed by atoms with E-state index in [1.54, 1.807) is 18.5 Å². The highest BCUT2D eigenvalue weighted by Gasteiger charge is 2.27. The minimum absolute atomic E-state index is 0.0974. The molecule has 1 N–H and O–H groups in total. The van der Waals surface area contributed by atoms with E-state index in [2.05, 4.69) is 4.72 Å². The molecule has 3 rings (SSSR count). The second-order valence-electron chi connectivity index (χ2n) is 6.70. The van der Waals surface area contributed by atoms with E-state index in [0.29, 0.717) is 11.4 Å². The van der Waals surface area contributed by atoms with Gasteiger partial charge in [-0.3, -0.25) is 4.79 Å². The Labute approximate surface area is 154 Å². The summed E-state index contributed by atoms with van der Waals surface area (Å²) in [6.07, 6.45) is 3.14. The van der Waals surface area contributed by atoms with Gasteiger partial charge >= 0.3 is 0 Å². The van der Waals surface area contributed by atoms with Gasteiger partial charge in [0.1, 0.15) is 10.6 Å². The summed E-state index contributed by atoms with van der Waals surface area (Å²) in [6, 6.07) is 10.9. The van der Waals surface area contributed by atoms with Gasteiger partial charge in [-0.05, 0) is 37.8 Å². The van der Waals surface area contributed by atoms with Crippen molar-refractivity contribution in [2.45, 2.75) is 37.6 Å². The molecule has 0 saturated carbocycles. The Morgan fingerprint density at radius 2 is 1.77 bits per heavy atom. The van der Waals surface area contributed by atoms with Crippen LogP contribution >= 0.6 is 0 Å². The number of aromatic nitrogens is 1. The fourth-order valence-electron chi connectivity index (χ4n) is 3.26. The Morgan fingerprint density at radius 1 is 1.12 bits per heavy atom. The molecule has 1 aliphatic heterocycles. The lowest BCUT2D eigenvalue weighted by Crippen LogP contribution is -2.36. The number of rotatable bonds is 5. The van der Waals surface area contributed by atoms with Gasteiger partial charge in [-0.25, -0.2) is 13.1 Å². The van der Waals surface area contributed by atoms with Crippen LogP contribution in [0.4, 0.5) is 0 Å². The summed E-state index contributed by atoms with van der Waals surface area (Å²) < 4.78 is 29.8. The minimum Gasteiger partial charge on any atom is -0.343 e. The van der Waals surface area contributed by atoms with E-state index >= 15 is 0 Å². The van der Waals surface area contributed by atoms with Crippen LogP contribution in [-0.2, 0) is 23.6 Å². The summed E-state index contributed by atoms with van der Waals surface area (Å²) in [5.74, 6) is -0.0974. The van der Waals surface area contributed by atoms with Gasteiger partial charge in [-0.15, -0.1) is 0 Å². The molecule has 140 valence electrons. The van der Waals surface area contributed by atoms with Crippen LogP contribution < -0.4 is 4.72 Å². The first-order valence-electron chi connectivity index (χ1n) is 8.89. The van der Waals surface area contributed by atoms with E-state index in [1.807, 2.05) is 35.2 Å². The molecule has 0 atom stereocenters. The summed E-state index contributed by atoms with van der Waals surface area (Å²) in [4.78, 5) is 14.8. The summed E-state index contributed by atoms with van der Waals surface area (Å²) in [5, 5.41) is 0. The van der Waals surface area contributed by atoms with E-state index in [-0.39, 0.29) is 17.3 Å². The number of amides is 1. The molecule has 1 fully saturated rings. The average Bonchev–Trinajstić information content (AvgIpc) is 2.97. The third-order valence-corrected chi connectivity index (χ3v) is 6.47. The molecule has 0 unspecified atom stereocenters. The van der Waals surface area contributed by atoms with Gasteiger partial charge in [0.2, 0.25) is 10.0 Å². The second-order valence-corrected chi connectivity index (χ2v) is 8.44. The number of sulfonamides is 1. The lowest BCUT2D eigenvalue weighted by Gasteiger charge is -2.26. The maximum atomic E-state index is 12.8. The topological polar surface area (TPSA) is 71.4 Å². The van der Waals surface area contributed by atoms with Crippen LogP contribution in [0.1, 0.15) is 41.0 Å². The largest absolute Gasteiger partial charge is 0.343 e. The number of carbonyl (C=O) groups excluding carboxylic acids is 1. The molecule has 7 heteroatoms. The van der Waals surface area contributed by atoms with Crippen molar-refractivity contribution in [3.63, 3.8) is 0 Å². The molecule has 0 bridgehead atoms. The number of likely N-dealkylation sites (tertiary alicyclic amines) is 1. The molecule has 1 amide bonds. The zero-order valence-corrected chi connectivity index (χ0v) is 16.1. The van der Waals surface area contributed by atoms with Crippen molar-refractivity contribution in [2.24, 2.45) is 7.05 Å². The molecule has 1 saturated heterocycles. The zero-order valence-electron chi connectivity index (χ0n) is 15.2. The predicted molar refractivity (Wildman–Crippen MR) is 100 cm³/mol. The SMILES string of the molecule is Cc1c(S(=O)(=O)NCc2ccccc2)cc(C(=O)N2CCCCC2)n1C. The lowest BCUT2D eigenvalue weighted by molar-refractivity contribution is 0.0714. The van der Waals surface area contributed by atoms with Gasteiger partial charge < -0.3 is 9.47 Å². The highest BCUT2D eigenvalue weighted by molar-refractivity contribution is 7.89. The summed E-state index contributed by atoms with van der Waals surface area (Å²) in [6.45, 7) is 3.41. The summed E-state index contributed by atoms with van der Waals surface area (Å²) >= 11 is 0. The Kier molecular flexibility index (Phi) is 5.48. The highest BCUT2D eigenvalue weighted by Crippen LogP contribution is 2.22. The Morgan fingerprint density at radius 3 is 2.42 bits per heavy atom. The fraction of sp³-hybridized carbons (Fsp3) is 0.421. The number of nitrogens with zero attached hydrogens (tertiary/aromatic N) is 2. The van der Waals surface area contributed by atoms with E-state index in [9.17, 15) is 13.2 Å². The van der Waals surface area contributed by atoms with E-state index in [1.165, 1.54) is 6.07 Å². The van der Waals surface area contributed by atoms with Crippen LogP contribution in [0.25, 0.3) is 0 Å². The molecular weight excluding hydrogens is 350 g/mol. The zero-order chi connectivity index (χ0) is 18.7. The maximum absolute atomic E-state index is 12.8. The molecular formula is C19H25N3O3S. The van der Waals surface area contributed by atoms with E-state index in [4.69, 9.17) is 0 Å². The minimum atomic E-state index is -3.70. The molecule has 1 aromatic carbocycles. The smallest absolute Gasteiger partial charge is 0.270 e. The first kappa shape index (κ1) is 18.7. The molecule has 0 radical (unpaired) electrons.